The Labute approximate surface area is 153 Å². The number of hydrogen-bond donors (Lipinski definition) is 0. The van der Waals surface area contributed by atoms with E-state index in [1.54, 1.807) is 12.3 Å². The number of amides is 1. The normalized spacial score (nSPS) is 14.9. The molecular formula is C19H23N5O2. The van der Waals surface area contributed by atoms with Gasteiger partial charge in [-0.1, -0.05) is 0 Å². The lowest BCUT2D eigenvalue weighted by molar-refractivity contribution is 0.0764. The Bertz CT molecular complexity index is 799. The Morgan fingerprint density at radius 1 is 0.962 bits per heavy atom. The first-order valence-electron chi connectivity index (χ1n) is 8.77. The van der Waals surface area contributed by atoms with Gasteiger partial charge in [-0.3, -0.25) is 9.59 Å². The van der Waals surface area contributed by atoms with Gasteiger partial charge in [0.05, 0.1) is 17.0 Å². The van der Waals surface area contributed by atoms with Gasteiger partial charge in [0.25, 0.3) is 5.91 Å². The van der Waals surface area contributed by atoms with Crippen molar-refractivity contribution in [3.8, 4) is 0 Å². The zero-order valence-electron chi connectivity index (χ0n) is 15.4. The minimum absolute atomic E-state index is 0.00695. The van der Waals surface area contributed by atoms with E-state index in [0.29, 0.717) is 42.1 Å². The minimum Gasteiger partial charge on any atom is -0.355 e. The second-order valence-electron chi connectivity index (χ2n) is 6.51. The van der Waals surface area contributed by atoms with Crippen molar-refractivity contribution in [2.45, 2.75) is 27.2 Å². The van der Waals surface area contributed by atoms with E-state index in [1.165, 1.54) is 13.3 Å². The number of aromatic nitrogens is 3. The van der Waals surface area contributed by atoms with Gasteiger partial charge >= 0.3 is 0 Å². The highest BCUT2D eigenvalue weighted by Crippen LogP contribution is 2.17. The summed E-state index contributed by atoms with van der Waals surface area (Å²) in [7, 11) is 0. The average Bonchev–Trinajstić information content (AvgIpc) is 2.87. The lowest BCUT2D eigenvalue weighted by Crippen LogP contribution is -2.36. The predicted octanol–water partition coefficient (Wildman–Crippen LogP) is 2.04. The van der Waals surface area contributed by atoms with Crippen LogP contribution >= 0.6 is 0 Å². The van der Waals surface area contributed by atoms with Crippen molar-refractivity contribution in [3.05, 3.63) is 47.2 Å². The number of rotatable bonds is 3. The van der Waals surface area contributed by atoms with Crippen LogP contribution in [0.1, 0.15) is 45.4 Å². The maximum absolute atomic E-state index is 12.9. The standard InChI is InChI=1S/C19H23N5O2/c1-13-18(14(2)22-12-21-13)19(26)24-8-4-7-23(9-10-24)17-6-5-16(11-20-17)15(3)25/h5-6,11-12H,4,7-10H2,1-3H3. The number of hydrogen-bond acceptors (Lipinski definition) is 6. The highest BCUT2D eigenvalue weighted by Gasteiger charge is 2.24. The molecule has 7 nitrogen and oxygen atoms in total. The van der Waals surface area contributed by atoms with E-state index in [-0.39, 0.29) is 11.7 Å². The molecule has 3 heterocycles. The molecule has 1 aliphatic heterocycles. The molecule has 0 bridgehead atoms. The van der Waals surface area contributed by atoms with Gasteiger partial charge in [0, 0.05) is 37.9 Å². The van der Waals surface area contributed by atoms with Gasteiger partial charge in [0.1, 0.15) is 12.1 Å². The molecule has 0 atom stereocenters. The number of carbonyl (C=O) groups excluding carboxylic acids is 2. The summed E-state index contributed by atoms with van der Waals surface area (Å²) in [6.07, 6.45) is 3.95. The van der Waals surface area contributed by atoms with Crippen molar-refractivity contribution in [1.29, 1.82) is 0 Å². The van der Waals surface area contributed by atoms with Crippen LogP contribution in [0.5, 0.6) is 0 Å². The van der Waals surface area contributed by atoms with Gasteiger partial charge in [0.2, 0.25) is 0 Å². The van der Waals surface area contributed by atoms with Crippen molar-refractivity contribution in [2.75, 3.05) is 31.1 Å². The molecule has 136 valence electrons. The topological polar surface area (TPSA) is 79.3 Å². The van der Waals surface area contributed by atoms with Crippen LogP contribution in [0.15, 0.2) is 24.7 Å². The predicted molar refractivity (Wildman–Crippen MR) is 98.5 cm³/mol. The lowest BCUT2D eigenvalue weighted by atomic mass is 10.1. The Kier molecular flexibility index (Phi) is 5.25. The van der Waals surface area contributed by atoms with Crippen LogP contribution in [0.2, 0.25) is 0 Å². The number of Topliss-reactive ketones (excluding diaryl/α,β-unsaturated/α-hetero) is 1. The summed E-state index contributed by atoms with van der Waals surface area (Å²) in [6.45, 7) is 8.03. The zero-order chi connectivity index (χ0) is 18.7. The third-order valence-corrected chi connectivity index (χ3v) is 4.70. The molecule has 0 aliphatic carbocycles. The van der Waals surface area contributed by atoms with E-state index in [9.17, 15) is 9.59 Å². The first-order valence-corrected chi connectivity index (χ1v) is 8.77. The fourth-order valence-corrected chi connectivity index (χ4v) is 3.19. The summed E-state index contributed by atoms with van der Waals surface area (Å²) in [5, 5.41) is 0. The molecule has 2 aromatic heterocycles. The van der Waals surface area contributed by atoms with Crippen molar-refractivity contribution < 1.29 is 9.59 Å². The van der Waals surface area contributed by atoms with Crippen LogP contribution in [-0.4, -0.2) is 57.7 Å². The van der Waals surface area contributed by atoms with E-state index in [1.807, 2.05) is 24.8 Å². The first-order chi connectivity index (χ1) is 12.5. The highest BCUT2D eigenvalue weighted by atomic mass is 16.2. The second-order valence-corrected chi connectivity index (χ2v) is 6.51. The van der Waals surface area contributed by atoms with Crippen LogP contribution in [-0.2, 0) is 0 Å². The number of nitrogens with zero attached hydrogens (tertiary/aromatic N) is 5. The Morgan fingerprint density at radius 3 is 2.31 bits per heavy atom. The molecule has 1 saturated heterocycles. The number of pyridine rings is 1. The number of ketones is 1. The third kappa shape index (κ3) is 3.71. The first kappa shape index (κ1) is 18.0. The number of carbonyl (C=O) groups is 2. The summed E-state index contributed by atoms with van der Waals surface area (Å²) in [5.74, 6) is 0.828. The molecule has 0 N–H and O–H groups in total. The van der Waals surface area contributed by atoms with Crippen molar-refractivity contribution >= 4 is 17.5 Å². The van der Waals surface area contributed by atoms with Crippen LogP contribution in [0, 0.1) is 13.8 Å². The van der Waals surface area contributed by atoms with Crippen LogP contribution in [0.4, 0.5) is 5.82 Å². The van der Waals surface area contributed by atoms with E-state index < -0.39 is 0 Å². The van der Waals surface area contributed by atoms with E-state index in [2.05, 4.69) is 19.9 Å². The average molecular weight is 353 g/mol. The summed E-state index contributed by atoms with van der Waals surface area (Å²) in [4.78, 5) is 41.1. The second kappa shape index (κ2) is 7.59. The monoisotopic (exact) mass is 353 g/mol. The molecule has 1 fully saturated rings. The lowest BCUT2D eigenvalue weighted by Gasteiger charge is -2.23. The number of anilines is 1. The van der Waals surface area contributed by atoms with E-state index >= 15 is 0 Å². The Balaban J connectivity index is 1.72. The van der Waals surface area contributed by atoms with Gasteiger partial charge in [-0.25, -0.2) is 15.0 Å². The summed E-state index contributed by atoms with van der Waals surface area (Å²) < 4.78 is 0. The van der Waals surface area contributed by atoms with Crippen LogP contribution in [0.3, 0.4) is 0 Å². The molecule has 0 unspecified atom stereocenters. The third-order valence-electron chi connectivity index (χ3n) is 4.70. The molecule has 0 aromatic carbocycles. The summed E-state index contributed by atoms with van der Waals surface area (Å²) >= 11 is 0. The molecule has 0 saturated carbocycles. The maximum atomic E-state index is 12.9. The quantitative estimate of drug-likeness (QED) is 0.786. The Morgan fingerprint density at radius 2 is 1.69 bits per heavy atom. The molecule has 3 rings (SSSR count). The summed E-state index contributed by atoms with van der Waals surface area (Å²) in [6, 6.07) is 3.67. The molecular weight excluding hydrogens is 330 g/mol. The fraction of sp³-hybridized carbons (Fsp3) is 0.421. The van der Waals surface area contributed by atoms with E-state index in [4.69, 9.17) is 0 Å². The van der Waals surface area contributed by atoms with Gasteiger partial charge < -0.3 is 9.80 Å². The molecule has 0 radical (unpaired) electrons. The Hall–Kier alpha value is -2.83. The fourth-order valence-electron chi connectivity index (χ4n) is 3.19. The highest BCUT2D eigenvalue weighted by molar-refractivity contribution is 5.96. The van der Waals surface area contributed by atoms with Gasteiger partial charge in [-0.2, -0.15) is 0 Å². The van der Waals surface area contributed by atoms with Gasteiger partial charge in [-0.15, -0.1) is 0 Å². The largest absolute Gasteiger partial charge is 0.355 e. The molecule has 1 amide bonds. The maximum Gasteiger partial charge on any atom is 0.257 e. The van der Waals surface area contributed by atoms with Gasteiger partial charge in [0.15, 0.2) is 5.78 Å². The minimum atomic E-state index is -0.0117. The van der Waals surface area contributed by atoms with Gasteiger partial charge in [-0.05, 0) is 39.3 Å². The van der Waals surface area contributed by atoms with Crippen molar-refractivity contribution in [1.82, 2.24) is 19.9 Å². The molecule has 7 heteroatoms. The van der Waals surface area contributed by atoms with Crippen LogP contribution in [0.25, 0.3) is 0 Å². The molecule has 0 spiro atoms. The van der Waals surface area contributed by atoms with E-state index in [0.717, 1.165) is 18.8 Å². The SMILES string of the molecule is CC(=O)c1ccc(N2CCCN(C(=O)c3c(C)ncnc3C)CC2)nc1. The summed E-state index contributed by atoms with van der Waals surface area (Å²) in [5.41, 5.74) is 2.63. The van der Waals surface area contributed by atoms with Crippen LogP contribution < -0.4 is 4.90 Å². The van der Waals surface area contributed by atoms with Crippen molar-refractivity contribution in [3.63, 3.8) is 0 Å². The smallest absolute Gasteiger partial charge is 0.257 e. The zero-order valence-corrected chi connectivity index (χ0v) is 15.4. The molecule has 26 heavy (non-hydrogen) atoms. The molecule has 1 aliphatic rings. The van der Waals surface area contributed by atoms with Crippen molar-refractivity contribution in [2.24, 2.45) is 0 Å². The molecule has 2 aromatic rings. The number of aryl methyl sites for hydroxylation is 2.